The molecule has 1 unspecified atom stereocenters. The first-order valence-electron chi connectivity index (χ1n) is 7.56. The third kappa shape index (κ3) is 3.75. The van der Waals surface area contributed by atoms with Crippen LogP contribution in [0.4, 0.5) is 10.5 Å². The maximum atomic E-state index is 12.1. The van der Waals surface area contributed by atoms with Crippen molar-refractivity contribution >= 4 is 11.7 Å². The van der Waals surface area contributed by atoms with Gasteiger partial charge in [-0.2, -0.15) is 5.10 Å². The van der Waals surface area contributed by atoms with Gasteiger partial charge in [-0.3, -0.25) is 9.67 Å². The maximum Gasteiger partial charge on any atom is 0.319 e. The number of hydrogen-bond donors (Lipinski definition) is 2. The molecule has 2 heterocycles. The van der Waals surface area contributed by atoms with Crippen molar-refractivity contribution < 1.29 is 4.79 Å². The first-order valence-corrected chi connectivity index (χ1v) is 7.56. The van der Waals surface area contributed by atoms with Crippen LogP contribution in [0.5, 0.6) is 0 Å². The van der Waals surface area contributed by atoms with E-state index in [-0.39, 0.29) is 12.1 Å². The predicted molar refractivity (Wildman–Crippen MR) is 91.2 cm³/mol. The fourth-order valence-electron chi connectivity index (χ4n) is 2.24. The summed E-state index contributed by atoms with van der Waals surface area (Å²) in [5.74, 6) is 0.650. The Balaban J connectivity index is 1.60. The number of aromatic nitrogens is 4. The summed E-state index contributed by atoms with van der Waals surface area (Å²) in [4.78, 5) is 20.5. The van der Waals surface area contributed by atoms with Gasteiger partial charge in [0.2, 0.25) is 0 Å². The Bertz CT molecular complexity index is 813. The van der Waals surface area contributed by atoms with Gasteiger partial charge in [-0.25, -0.2) is 9.78 Å². The first kappa shape index (κ1) is 15.7. The summed E-state index contributed by atoms with van der Waals surface area (Å²) in [5, 5.41) is 9.90. The van der Waals surface area contributed by atoms with E-state index in [1.807, 2.05) is 56.4 Å². The lowest BCUT2D eigenvalue weighted by Crippen LogP contribution is -2.31. The molecule has 7 heteroatoms. The van der Waals surface area contributed by atoms with Crippen LogP contribution in [0.2, 0.25) is 0 Å². The van der Waals surface area contributed by atoms with Gasteiger partial charge in [-0.1, -0.05) is 6.07 Å². The zero-order valence-electron chi connectivity index (χ0n) is 13.5. The summed E-state index contributed by atoms with van der Waals surface area (Å²) in [6.45, 7) is 1.89. The van der Waals surface area contributed by atoms with Crippen molar-refractivity contribution in [3.8, 4) is 11.4 Å². The lowest BCUT2D eigenvalue weighted by molar-refractivity contribution is 0.249. The number of benzene rings is 1. The number of aryl methyl sites for hydroxylation is 1. The lowest BCUT2D eigenvalue weighted by atomic mass is 10.2. The van der Waals surface area contributed by atoms with E-state index in [2.05, 4.69) is 25.7 Å². The van der Waals surface area contributed by atoms with Crippen LogP contribution in [0, 0.1) is 0 Å². The monoisotopic (exact) mass is 322 g/mol. The van der Waals surface area contributed by atoms with Crippen molar-refractivity contribution in [2.75, 3.05) is 5.32 Å². The van der Waals surface area contributed by atoms with Gasteiger partial charge < -0.3 is 10.6 Å². The van der Waals surface area contributed by atoms with Crippen LogP contribution < -0.4 is 10.6 Å². The number of carbonyl (C=O) groups is 1. The highest BCUT2D eigenvalue weighted by Gasteiger charge is 2.10. The van der Waals surface area contributed by atoms with Crippen LogP contribution in [-0.4, -0.2) is 25.8 Å². The third-order valence-corrected chi connectivity index (χ3v) is 3.48. The van der Waals surface area contributed by atoms with Crippen molar-refractivity contribution in [3.63, 3.8) is 0 Å². The zero-order chi connectivity index (χ0) is 16.9. The number of amides is 2. The molecule has 0 saturated carbocycles. The van der Waals surface area contributed by atoms with E-state index in [9.17, 15) is 4.79 Å². The van der Waals surface area contributed by atoms with Crippen molar-refractivity contribution in [2.24, 2.45) is 7.05 Å². The molecule has 0 aliphatic rings. The molecule has 0 aliphatic heterocycles. The Kier molecular flexibility index (Phi) is 4.51. The van der Waals surface area contributed by atoms with Gasteiger partial charge in [-0.15, -0.1) is 0 Å². The van der Waals surface area contributed by atoms with Gasteiger partial charge in [0.05, 0.1) is 11.7 Å². The molecule has 0 saturated heterocycles. The second kappa shape index (κ2) is 6.91. The summed E-state index contributed by atoms with van der Waals surface area (Å²) in [6, 6.07) is 12.5. The van der Waals surface area contributed by atoms with E-state index >= 15 is 0 Å². The molecule has 1 atom stereocenters. The minimum Gasteiger partial charge on any atom is -0.330 e. The maximum absolute atomic E-state index is 12.1. The molecule has 0 spiro atoms. The van der Waals surface area contributed by atoms with E-state index in [1.165, 1.54) is 0 Å². The molecule has 0 fully saturated rings. The van der Waals surface area contributed by atoms with Crippen LogP contribution in [0.25, 0.3) is 11.4 Å². The Morgan fingerprint density at radius 2 is 1.92 bits per heavy atom. The Labute approximate surface area is 139 Å². The number of pyridine rings is 1. The van der Waals surface area contributed by atoms with Gasteiger partial charge in [0.15, 0.2) is 5.82 Å². The molecule has 1 aromatic carbocycles. The third-order valence-electron chi connectivity index (χ3n) is 3.48. The molecular weight excluding hydrogens is 304 g/mol. The summed E-state index contributed by atoms with van der Waals surface area (Å²) in [7, 11) is 1.82. The molecule has 0 bridgehead atoms. The molecule has 3 aromatic rings. The van der Waals surface area contributed by atoms with E-state index in [4.69, 9.17) is 0 Å². The average Bonchev–Trinajstić information content (AvgIpc) is 3.02. The second-order valence-corrected chi connectivity index (χ2v) is 5.39. The van der Waals surface area contributed by atoms with Crippen molar-refractivity contribution in [1.29, 1.82) is 0 Å². The number of nitrogens with zero attached hydrogens (tertiary/aromatic N) is 4. The fraction of sp³-hybridized carbons (Fsp3) is 0.176. The van der Waals surface area contributed by atoms with Crippen LogP contribution in [0.3, 0.4) is 0 Å². The van der Waals surface area contributed by atoms with E-state index in [0.717, 1.165) is 11.3 Å². The molecule has 0 aliphatic carbocycles. The number of anilines is 1. The smallest absolute Gasteiger partial charge is 0.319 e. The highest BCUT2D eigenvalue weighted by atomic mass is 16.2. The van der Waals surface area contributed by atoms with E-state index in [0.29, 0.717) is 11.5 Å². The molecule has 24 heavy (non-hydrogen) atoms. The summed E-state index contributed by atoms with van der Waals surface area (Å²) < 4.78 is 1.65. The normalized spacial score (nSPS) is 11.8. The van der Waals surface area contributed by atoms with Crippen LogP contribution in [0.1, 0.15) is 18.7 Å². The number of nitrogens with one attached hydrogen (secondary N) is 2. The van der Waals surface area contributed by atoms with Gasteiger partial charge in [0.25, 0.3) is 0 Å². The molecule has 2 aromatic heterocycles. The second-order valence-electron chi connectivity index (χ2n) is 5.39. The van der Waals surface area contributed by atoms with Gasteiger partial charge in [0, 0.05) is 24.5 Å². The number of urea groups is 1. The van der Waals surface area contributed by atoms with Gasteiger partial charge >= 0.3 is 6.03 Å². The molecule has 122 valence electrons. The summed E-state index contributed by atoms with van der Waals surface area (Å²) in [6.07, 6.45) is 3.35. The molecular formula is C17H18N6O. The minimum atomic E-state index is -0.281. The Morgan fingerprint density at radius 1 is 1.12 bits per heavy atom. The van der Waals surface area contributed by atoms with Crippen LogP contribution in [-0.2, 0) is 7.05 Å². The summed E-state index contributed by atoms with van der Waals surface area (Å²) in [5.41, 5.74) is 2.40. The van der Waals surface area contributed by atoms with Crippen molar-refractivity contribution in [1.82, 2.24) is 25.1 Å². The highest BCUT2D eigenvalue weighted by molar-refractivity contribution is 5.89. The Morgan fingerprint density at radius 3 is 2.54 bits per heavy atom. The summed E-state index contributed by atoms with van der Waals surface area (Å²) >= 11 is 0. The first-order chi connectivity index (χ1) is 11.6. The quantitative estimate of drug-likeness (QED) is 0.773. The zero-order valence-corrected chi connectivity index (χ0v) is 13.5. The minimum absolute atomic E-state index is 0.178. The topological polar surface area (TPSA) is 84.7 Å². The molecule has 0 radical (unpaired) electrons. The fourth-order valence-corrected chi connectivity index (χ4v) is 2.24. The number of hydrogen-bond acceptors (Lipinski definition) is 4. The lowest BCUT2D eigenvalue weighted by Gasteiger charge is -2.14. The molecule has 2 amide bonds. The molecule has 3 rings (SSSR count). The van der Waals surface area contributed by atoms with Gasteiger partial charge in [-0.05, 0) is 43.3 Å². The van der Waals surface area contributed by atoms with E-state index in [1.54, 1.807) is 17.2 Å². The molecule has 7 nitrogen and oxygen atoms in total. The van der Waals surface area contributed by atoms with E-state index < -0.39 is 0 Å². The predicted octanol–water partition coefficient (Wildman–Crippen LogP) is 2.76. The standard InChI is InChI=1S/C17H18N6O/c1-12(15-5-3-4-10-18-15)20-17(24)21-14-8-6-13(7-9-14)16-19-11-23(2)22-16/h3-12H,1-2H3,(H2,20,21,24). The SMILES string of the molecule is CC(NC(=O)Nc1ccc(-c2ncn(C)n2)cc1)c1ccccn1. The average molecular weight is 322 g/mol. The number of carbonyl (C=O) groups excluding carboxylic acids is 1. The van der Waals surface area contributed by atoms with Gasteiger partial charge in [0.1, 0.15) is 6.33 Å². The number of rotatable bonds is 4. The van der Waals surface area contributed by atoms with Crippen LogP contribution >= 0.6 is 0 Å². The molecule has 2 N–H and O–H groups in total. The van der Waals surface area contributed by atoms with Crippen molar-refractivity contribution in [2.45, 2.75) is 13.0 Å². The highest BCUT2D eigenvalue weighted by Crippen LogP contribution is 2.17. The Hall–Kier alpha value is -3.22. The van der Waals surface area contributed by atoms with Crippen LogP contribution in [0.15, 0.2) is 55.0 Å². The largest absolute Gasteiger partial charge is 0.330 e. The van der Waals surface area contributed by atoms with Crippen molar-refractivity contribution in [3.05, 3.63) is 60.7 Å².